The van der Waals surface area contributed by atoms with Crippen molar-refractivity contribution in [2.75, 3.05) is 27.3 Å². The fourth-order valence-electron chi connectivity index (χ4n) is 3.79. The zero-order chi connectivity index (χ0) is 20.2. The van der Waals surface area contributed by atoms with Crippen molar-refractivity contribution in [3.8, 4) is 11.5 Å². The predicted molar refractivity (Wildman–Crippen MR) is 113 cm³/mol. The van der Waals surface area contributed by atoms with Crippen LogP contribution in [0.25, 0.3) is 17.1 Å². The highest BCUT2D eigenvalue weighted by atomic mass is 16.5. The largest absolute Gasteiger partial charge is 0.497 e. The van der Waals surface area contributed by atoms with Crippen molar-refractivity contribution >= 4 is 23.0 Å². The molecule has 0 saturated carbocycles. The molecule has 1 atom stereocenters. The van der Waals surface area contributed by atoms with E-state index in [9.17, 15) is 4.79 Å². The molecule has 0 spiro atoms. The molecule has 1 saturated heterocycles. The minimum atomic E-state index is 0.00341. The second kappa shape index (κ2) is 8.39. The van der Waals surface area contributed by atoms with Gasteiger partial charge in [0.1, 0.15) is 17.3 Å². The highest BCUT2D eigenvalue weighted by Gasteiger charge is 2.25. The number of para-hydroxylation sites is 2. The standard InChI is InChI=1S/C23H25N3O3/c1-28-18-11-9-16(21(14-18)29-2)10-12-22(27)26-13-5-6-17(15-26)23-24-19-7-3-4-8-20(19)25-23/h3-4,7-12,14,17H,5-6,13,15H2,1-2H3,(H,24,25)/b12-10+. The molecule has 29 heavy (non-hydrogen) atoms. The van der Waals surface area contributed by atoms with Gasteiger partial charge in [0, 0.05) is 36.7 Å². The van der Waals surface area contributed by atoms with Gasteiger partial charge in [-0.15, -0.1) is 0 Å². The van der Waals surface area contributed by atoms with E-state index in [0.717, 1.165) is 47.6 Å². The van der Waals surface area contributed by atoms with Crippen LogP contribution in [0, 0.1) is 0 Å². The quantitative estimate of drug-likeness (QED) is 0.668. The van der Waals surface area contributed by atoms with Crippen molar-refractivity contribution in [1.29, 1.82) is 0 Å². The third-order valence-electron chi connectivity index (χ3n) is 5.37. The number of carbonyl (C=O) groups is 1. The van der Waals surface area contributed by atoms with Gasteiger partial charge in [0.15, 0.2) is 0 Å². The van der Waals surface area contributed by atoms with Crippen LogP contribution in [0.2, 0.25) is 0 Å². The van der Waals surface area contributed by atoms with Crippen LogP contribution in [0.4, 0.5) is 0 Å². The topological polar surface area (TPSA) is 67.5 Å². The number of imidazole rings is 1. The molecule has 0 bridgehead atoms. The van der Waals surface area contributed by atoms with Gasteiger partial charge in [-0.3, -0.25) is 4.79 Å². The summed E-state index contributed by atoms with van der Waals surface area (Å²) >= 11 is 0. The number of amides is 1. The summed E-state index contributed by atoms with van der Waals surface area (Å²) in [5.41, 5.74) is 2.85. The van der Waals surface area contributed by atoms with E-state index >= 15 is 0 Å². The summed E-state index contributed by atoms with van der Waals surface area (Å²) in [6.07, 6.45) is 5.41. The number of rotatable bonds is 5. The van der Waals surface area contributed by atoms with E-state index in [-0.39, 0.29) is 11.8 Å². The van der Waals surface area contributed by atoms with E-state index in [1.165, 1.54) is 0 Å². The van der Waals surface area contributed by atoms with Gasteiger partial charge in [-0.1, -0.05) is 12.1 Å². The Hall–Kier alpha value is -3.28. The summed E-state index contributed by atoms with van der Waals surface area (Å²) < 4.78 is 10.6. The Morgan fingerprint density at radius 3 is 2.86 bits per heavy atom. The van der Waals surface area contributed by atoms with E-state index in [0.29, 0.717) is 12.3 Å². The molecule has 2 heterocycles. The number of ether oxygens (including phenoxy) is 2. The maximum atomic E-state index is 12.8. The minimum absolute atomic E-state index is 0.00341. The van der Waals surface area contributed by atoms with Gasteiger partial charge >= 0.3 is 0 Å². The van der Waals surface area contributed by atoms with Crippen LogP contribution in [0.15, 0.2) is 48.5 Å². The average molecular weight is 391 g/mol. The van der Waals surface area contributed by atoms with Gasteiger partial charge in [0.25, 0.3) is 0 Å². The fraction of sp³-hybridized carbons (Fsp3) is 0.304. The zero-order valence-electron chi connectivity index (χ0n) is 16.7. The van der Waals surface area contributed by atoms with Crippen LogP contribution in [-0.2, 0) is 4.79 Å². The summed E-state index contributed by atoms with van der Waals surface area (Å²) in [7, 11) is 3.22. The Balaban J connectivity index is 1.47. The van der Waals surface area contributed by atoms with Crippen molar-refractivity contribution in [3.05, 3.63) is 59.9 Å². The lowest BCUT2D eigenvalue weighted by Crippen LogP contribution is -2.38. The van der Waals surface area contributed by atoms with E-state index in [1.54, 1.807) is 26.4 Å². The van der Waals surface area contributed by atoms with Crippen LogP contribution in [-0.4, -0.2) is 48.1 Å². The molecule has 4 rings (SSSR count). The van der Waals surface area contributed by atoms with Gasteiger partial charge in [0.05, 0.1) is 25.3 Å². The molecule has 0 aliphatic carbocycles. The molecule has 1 fully saturated rings. The smallest absolute Gasteiger partial charge is 0.246 e. The van der Waals surface area contributed by atoms with Crippen LogP contribution in [0.5, 0.6) is 11.5 Å². The number of nitrogens with zero attached hydrogens (tertiary/aromatic N) is 2. The van der Waals surface area contributed by atoms with Crippen molar-refractivity contribution in [2.24, 2.45) is 0 Å². The molecular weight excluding hydrogens is 366 g/mol. The summed E-state index contributed by atoms with van der Waals surface area (Å²) in [6.45, 7) is 1.43. The number of fused-ring (bicyclic) bond motifs is 1. The summed E-state index contributed by atoms with van der Waals surface area (Å²) in [5.74, 6) is 2.58. The molecule has 1 unspecified atom stereocenters. The van der Waals surface area contributed by atoms with Gasteiger partial charge in [0.2, 0.25) is 5.91 Å². The molecule has 150 valence electrons. The number of piperidine rings is 1. The van der Waals surface area contributed by atoms with Gasteiger partial charge < -0.3 is 19.4 Å². The molecule has 2 aromatic carbocycles. The first-order chi connectivity index (χ1) is 14.2. The van der Waals surface area contributed by atoms with Gasteiger partial charge in [-0.2, -0.15) is 0 Å². The number of likely N-dealkylation sites (tertiary alicyclic amines) is 1. The van der Waals surface area contributed by atoms with E-state index in [4.69, 9.17) is 14.5 Å². The Labute approximate surface area is 170 Å². The second-order valence-corrected chi connectivity index (χ2v) is 7.20. The van der Waals surface area contributed by atoms with Crippen LogP contribution in [0.1, 0.15) is 30.1 Å². The minimum Gasteiger partial charge on any atom is -0.497 e. The van der Waals surface area contributed by atoms with Crippen LogP contribution in [0.3, 0.4) is 0 Å². The monoisotopic (exact) mass is 391 g/mol. The first-order valence-corrected chi connectivity index (χ1v) is 9.81. The number of nitrogens with one attached hydrogen (secondary N) is 1. The van der Waals surface area contributed by atoms with Crippen LogP contribution < -0.4 is 9.47 Å². The number of aromatic nitrogens is 2. The van der Waals surface area contributed by atoms with Crippen molar-refractivity contribution in [3.63, 3.8) is 0 Å². The Morgan fingerprint density at radius 1 is 1.21 bits per heavy atom. The predicted octanol–water partition coefficient (Wildman–Crippen LogP) is 4.00. The van der Waals surface area contributed by atoms with Crippen molar-refractivity contribution in [1.82, 2.24) is 14.9 Å². The molecule has 1 aliphatic heterocycles. The molecule has 3 aromatic rings. The Morgan fingerprint density at radius 2 is 2.07 bits per heavy atom. The first kappa shape index (κ1) is 19.1. The maximum Gasteiger partial charge on any atom is 0.246 e. The highest BCUT2D eigenvalue weighted by molar-refractivity contribution is 5.92. The number of methoxy groups -OCH3 is 2. The van der Waals surface area contributed by atoms with Crippen molar-refractivity contribution < 1.29 is 14.3 Å². The SMILES string of the molecule is COc1ccc(/C=C/C(=O)N2CCCC(c3nc4ccccc4[nH]3)C2)c(OC)c1. The summed E-state index contributed by atoms with van der Waals surface area (Å²) in [4.78, 5) is 22.8. The molecule has 1 aliphatic rings. The number of H-pyrrole nitrogens is 1. The molecule has 1 N–H and O–H groups in total. The number of carbonyl (C=O) groups excluding carboxylic acids is 1. The second-order valence-electron chi connectivity index (χ2n) is 7.20. The molecule has 0 radical (unpaired) electrons. The lowest BCUT2D eigenvalue weighted by atomic mass is 9.97. The third-order valence-corrected chi connectivity index (χ3v) is 5.37. The summed E-state index contributed by atoms with van der Waals surface area (Å²) in [6, 6.07) is 13.6. The van der Waals surface area contributed by atoms with Crippen LogP contribution >= 0.6 is 0 Å². The van der Waals surface area contributed by atoms with E-state index in [1.807, 2.05) is 47.4 Å². The number of benzene rings is 2. The lowest BCUT2D eigenvalue weighted by Gasteiger charge is -2.31. The normalized spacial score (nSPS) is 17.0. The zero-order valence-corrected chi connectivity index (χ0v) is 16.7. The van der Waals surface area contributed by atoms with E-state index in [2.05, 4.69) is 4.98 Å². The molecule has 6 heteroatoms. The molecular formula is C23H25N3O3. The average Bonchev–Trinajstić information content (AvgIpc) is 3.22. The lowest BCUT2D eigenvalue weighted by molar-refractivity contribution is -0.127. The Bertz CT molecular complexity index is 1010. The van der Waals surface area contributed by atoms with Gasteiger partial charge in [-0.05, 0) is 43.2 Å². The Kier molecular flexibility index (Phi) is 5.51. The fourth-order valence-corrected chi connectivity index (χ4v) is 3.79. The highest BCUT2D eigenvalue weighted by Crippen LogP contribution is 2.28. The third kappa shape index (κ3) is 4.11. The van der Waals surface area contributed by atoms with Gasteiger partial charge in [-0.25, -0.2) is 4.98 Å². The first-order valence-electron chi connectivity index (χ1n) is 9.81. The van der Waals surface area contributed by atoms with Crippen molar-refractivity contribution in [2.45, 2.75) is 18.8 Å². The number of aromatic amines is 1. The maximum absolute atomic E-state index is 12.8. The summed E-state index contributed by atoms with van der Waals surface area (Å²) in [5, 5.41) is 0. The number of hydrogen-bond acceptors (Lipinski definition) is 4. The number of hydrogen-bond donors (Lipinski definition) is 1. The molecule has 6 nitrogen and oxygen atoms in total. The molecule has 1 amide bonds. The molecule has 1 aromatic heterocycles. The van der Waals surface area contributed by atoms with E-state index < -0.39 is 0 Å².